The van der Waals surface area contributed by atoms with Crippen molar-refractivity contribution in [2.75, 3.05) is 26.4 Å². The lowest BCUT2D eigenvalue weighted by atomic mass is 10.3. The molecular weight excluding hydrogens is 132 g/mol. The molecule has 3 nitrogen and oxygen atoms in total. The molecule has 0 aliphatic rings. The molecule has 10 heavy (non-hydrogen) atoms. The molecule has 0 aromatic carbocycles. The molecule has 61 valence electrons. The van der Waals surface area contributed by atoms with Crippen molar-refractivity contribution in [2.24, 2.45) is 0 Å². The molecule has 0 aliphatic heterocycles. The minimum absolute atomic E-state index is 0.0556. The van der Waals surface area contributed by atoms with E-state index in [9.17, 15) is 5.11 Å². The van der Waals surface area contributed by atoms with E-state index >= 15 is 0 Å². The van der Waals surface area contributed by atoms with Gasteiger partial charge in [0.1, 0.15) is 0 Å². The summed E-state index contributed by atoms with van der Waals surface area (Å²) in [6.07, 6.45) is 2.27. The van der Waals surface area contributed by atoms with E-state index in [-0.39, 0.29) is 13.2 Å². The molecule has 0 saturated carbocycles. The minimum atomic E-state index is -0.0556. The maximum Gasteiger partial charge on any atom is 0.0844 e. The Kier molecular flexibility index (Phi) is 8.77. The molecule has 1 radical (unpaired) electrons. The molecule has 1 N–H and O–H groups in total. The third-order valence-electron chi connectivity index (χ3n) is 1.13. The third kappa shape index (κ3) is 7.88. The van der Waals surface area contributed by atoms with E-state index in [1.54, 1.807) is 0 Å². The van der Waals surface area contributed by atoms with Gasteiger partial charge in [0.2, 0.25) is 0 Å². The summed E-state index contributed by atoms with van der Waals surface area (Å²) < 4.78 is 5.07. The van der Waals surface area contributed by atoms with Gasteiger partial charge in [-0.15, -0.1) is 0 Å². The van der Waals surface area contributed by atoms with Gasteiger partial charge in [0, 0.05) is 19.8 Å². The lowest BCUT2D eigenvalue weighted by Gasteiger charge is -1.99. The Balaban J connectivity index is 2.65. The van der Waals surface area contributed by atoms with E-state index in [1.165, 1.54) is 0 Å². The first-order valence-electron chi connectivity index (χ1n) is 3.68. The Labute approximate surface area is 61.6 Å². The molecule has 0 heterocycles. The van der Waals surface area contributed by atoms with Gasteiger partial charge in [-0.25, -0.2) is 5.11 Å². The van der Waals surface area contributed by atoms with Crippen LogP contribution in [0.4, 0.5) is 0 Å². The van der Waals surface area contributed by atoms with Crippen molar-refractivity contribution < 1.29 is 14.9 Å². The first-order valence-corrected chi connectivity index (χ1v) is 3.68. The second kappa shape index (κ2) is 8.88. The van der Waals surface area contributed by atoms with Gasteiger partial charge in [0.05, 0.1) is 6.61 Å². The summed E-state index contributed by atoms with van der Waals surface area (Å²) in [5.41, 5.74) is 0. The average molecular weight is 147 g/mol. The summed E-state index contributed by atoms with van der Waals surface area (Å²) in [5, 5.41) is 18.3. The summed E-state index contributed by atoms with van der Waals surface area (Å²) in [4.78, 5) is 0. The number of unbranched alkanes of at least 4 members (excludes halogenated alkanes) is 1. The zero-order valence-electron chi connectivity index (χ0n) is 6.21. The average Bonchev–Trinajstić information content (AvgIpc) is 1.97. The number of aliphatic hydroxyl groups excluding tert-OH is 1. The predicted molar refractivity (Wildman–Crippen MR) is 37.3 cm³/mol. The number of aliphatic hydroxyl groups is 1. The van der Waals surface area contributed by atoms with Crippen LogP contribution in [0.15, 0.2) is 0 Å². The fourth-order valence-corrected chi connectivity index (χ4v) is 0.579. The molecule has 0 aromatic heterocycles. The third-order valence-corrected chi connectivity index (χ3v) is 1.13. The van der Waals surface area contributed by atoms with Crippen molar-refractivity contribution in [3.63, 3.8) is 0 Å². The van der Waals surface area contributed by atoms with Gasteiger partial charge in [0.25, 0.3) is 0 Å². The van der Waals surface area contributed by atoms with Gasteiger partial charge in [-0.1, -0.05) is 0 Å². The van der Waals surface area contributed by atoms with Gasteiger partial charge < -0.3 is 9.84 Å². The fraction of sp³-hybridized carbons (Fsp3) is 1.00. The molecule has 0 bridgehead atoms. The first-order chi connectivity index (χ1) is 4.91. The molecule has 0 atom stereocenters. The second-order valence-corrected chi connectivity index (χ2v) is 2.10. The molecule has 0 saturated heterocycles. The van der Waals surface area contributed by atoms with Crippen molar-refractivity contribution in [3.8, 4) is 0 Å². The van der Waals surface area contributed by atoms with Crippen LogP contribution in [0, 0.1) is 0 Å². The summed E-state index contributed by atoms with van der Waals surface area (Å²) >= 11 is 0. The first kappa shape index (κ1) is 9.88. The summed E-state index contributed by atoms with van der Waals surface area (Å²) in [7, 11) is 0. The number of hydrogen-bond acceptors (Lipinski definition) is 2. The van der Waals surface area contributed by atoms with Crippen molar-refractivity contribution in [1.29, 1.82) is 0 Å². The monoisotopic (exact) mass is 147 g/mol. The van der Waals surface area contributed by atoms with Crippen molar-refractivity contribution in [3.05, 3.63) is 0 Å². The van der Waals surface area contributed by atoms with Crippen LogP contribution in [-0.4, -0.2) is 31.5 Å². The van der Waals surface area contributed by atoms with E-state index in [1.807, 2.05) is 0 Å². The maximum absolute atomic E-state index is 9.90. The van der Waals surface area contributed by atoms with Crippen LogP contribution in [0.25, 0.3) is 0 Å². The van der Waals surface area contributed by atoms with Crippen LogP contribution >= 0.6 is 0 Å². The van der Waals surface area contributed by atoms with Gasteiger partial charge in [-0.3, -0.25) is 0 Å². The summed E-state index contributed by atoms with van der Waals surface area (Å²) in [5.74, 6) is 0. The van der Waals surface area contributed by atoms with Crippen molar-refractivity contribution in [1.82, 2.24) is 0 Å². The van der Waals surface area contributed by atoms with Crippen molar-refractivity contribution >= 4 is 0 Å². The van der Waals surface area contributed by atoms with Crippen LogP contribution in [0.1, 0.15) is 19.3 Å². The molecule has 0 rings (SSSR count). The Morgan fingerprint density at radius 1 is 1.10 bits per heavy atom. The van der Waals surface area contributed by atoms with Crippen molar-refractivity contribution in [2.45, 2.75) is 19.3 Å². The predicted octanol–water partition coefficient (Wildman–Crippen LogP) is 0.596. The van der Waals surface area contributed by atoms with Crippen LogP contribution in [0.2, 0.25) is 0 Å². The largest absolute Gasteiger partial charge is 0.396 e. The maximum atomic E-state index is 9.90. The van der Waals surface area contributed by atoms with Gasteiger partial charge >= 0.3 is 0 Å². The van der Waals surface area contributed by atoms with E-state index < -0.39 is 0 Å². The topological polar surface area (TPSA) is 49.4 Å². The van der Waals surface area contributed by atoms with Crippen LogP contribution in [-0.2, 0) is 9.84 Å². The van der Waals surface area contributed by atoms with E-state index in [2.05, 4.69) is 0 Å². The molecule has 0 aromatic rings. The van der Waals surface area contributed by atoms with Crippen LogP contribution in [0.3, 0.4) is 0 Å². The number of ether oxygens (including phenoxy) is 1. The summed E-state index contributed by atoms with van der Waals surface area (Å²) in [6, 6.07) is 0. The Morgan fingerprint density at radius 3 is 2.40 bits per heavy atom. The van der Waals surface area contributed by atoms with Crippen LogP contribution in [0.5, 0.6) is 0 Å². The normalized spacial score (nSPS) is 10.2. The minimum Gasteiger partial charge on any atom is -0.396 e. The van der Waals surface area contributed by atoms with Crippen LogP contribution < -0.4 is 0 Å². The number of hydrogen-bond donors (Lipinski definition) is 1. The summed E-state index contributed by atoms with van der Waals surface area (Å²) in [6.45, 7) is 1.40. The van der Waals surface area contributed by atoms with E-state index in [0.29, 0.717) is 19.6 Å². The highest BCUT2D eigenvalue weighted by Crippen LogP contribution is 1.89. The van der Waals surface area contributed by atoms with Gasteiger partial charge in [-0.2, -0.15) is 0 Å². The quantitative estimate of drug-likeness (QED) is 0.536. The Bertz CT molecular complexity index is 48.8. The lowest BCUT2D eigenvalue weighted by Crippen LogP contribution is -1.99. The highest BCUT2D eigenvalue weighted by molar-refractivity contribution is 4.36. The van der Waals surface area contributed by atoms with Gasteiger partial charge in [0.15, 0.2) is 0 Å². The SMILES string of the molecule is [O]CCCOCCCCO. The second-order valence-electron chi connectivity index (χ2n) is 2.10. The molecule has 0 spiro atoms. The lowest BCUT2D eigenvalue weighted by molar-refractivity contribution is 0.0940. The van der Waals surface area contributed by atoms with E-state index in [0.717, 1.165) is 12.8 Å². The zero-order chi connectivity index (χ0) is 7.66. The highest BCUT2D eigenvalue weighted by Gasteiger charge is 1.87. The number of rotatable bonds is 7. The molecular formula is C7H15O3. The molecule has 0 aliphatic carbocycles. The van der Waals surface area contributed by atoms with Gasteiger partial charge in [-0.05, 0) is 19.3 Å². The Morgan fingerprint density at radius 2 is 1.80 bits per heavy atom. The van der Waals surface area contributed by atoms with E-state index in [4.69, 9.17) is 9.84 Å². The molecule has 0 amide bonds. The standard InChI is InChI=1S/C7H15O3/c8-4-1-2-6-10-7-3-5-9/h8H,1-7H2. The highest BCUT2D eigenvalue weighted by atomic mass is 16.5. The zero-order valence-corrected chi connectivity index (χ0v) is 6.21. The smallest absolute Gasteiger partial charge is 0.0844 e. The molecule has 3 heteroatoms. The molecule has 0 unspecified atom stereocenters. The Hall–Kier alpha value is -0.120. The fourth-order valence-electron chi connectivity index (χ4n) is 0.579. The molecule has 0 fully saturated rings.